The normalized spacial score (nSPS) is 13.6. The third-order valence-electron chi connectivity index (χ3n) is 3.15. The lowest BCUT2D eigenvalue weighted by Gasteiger charge is -2.18. The first-order chi connectivity index (χ1) is 9.58. The van der Waals surface area contributed by atoms with Gasteiger partial charge in [-0.1, -0.05) is 54.1 Å². The van der Waals surface area contributed by atoms with Crippen molar-refractivity contribution in [1.29, 1.82) is 0 Å². The van der Waals surface area contributed by atoms with E-state index in [1.54, 1.807) is 6.07 Å². The zero-order valence-electron chi connectivity index (χ0n) is 11.2. The number of nitrogens with two attached hydrogens (primary N) is 1. The maximum atomic E-state index is 12.1. The van der Waals surface area contributed by atoms with Crippen molar-refractivity contribution in [2.45, 2.75) is 19.0 Å². The zero-order chi connectivity index (χ0) is 14.5. The van der Waals surface area contributed by atoms with Crippen LogP contribution in [-0.4, -0.2) is 5.91 Å². The molecule has 2 aromatic rings. The maximum absolute atomic E-state index is 12.1. The lowest BCUT2D eigenvalue weighted by atomic mass is 10.1. The lowest BCUT2D eigenvalue weighted by Crippen LogP contribution is -2.35. The molecule has 0 unspecified atom stereocenters. The smallest absolute Gasteiger partial charge is 0.241 e. The van der Waals surface area contributed by atoms with Gasteiger partial charge in [-0.05, 0) is 30.2 Å². The van der Waals surface area contributed by atoms with E-state index in [9.17, 15) is 4.79 Å². The zero-order valence-corrected chi connectivity index (χ0v) is 12.0. The molecule has 1 amide bonds. The summed E-state index contributed by atoms with van der Waals surface area (Å²) in [5, 5.41) is 3.55. The molecule has 0 radical (unpaired) electrons. The molecule has 3 nitrogen and oxygen atoms in total. The van der Waals surface area contributed by atoms with Crippen molar-refractivity contribution in [2.24, 2.45) is 5.73 Å². The van der Waals surface area contributed by atoms with E-state index >= 15 is 0 Å². The maximum Gasteiger partial charge on any atom is 0.241 e. The Morgan fingerprint density at radius 3 is 2.40 bits per heavy atom. The minimum absolute atomic E-state index is 0.143. The summed E-state index contributed by atoms with van der Waals surface area (Å²) in [4.78, 5) is 12.1. The summed E-state index contributed by atoms with van der Waals surface area (Å²) >= 11 is 5.95. The van der Waals surface area contributed by atoms with Crippen molar-refractivity contribution < 1.29 is 4.79 Å². The fourth-order valence-electron chi connectivity index (χ4n) is 1.97. The van der Waals surface area contributed by atoms with Crippen molar-refractivity contribution in [2.75, 3.05) is 0 Å². The minimum Gasteiger partial charge on any atom is -0.348 e. The number of hydrogen-bond acceptors (Lipinski definition) is 2. The molecule has 2 aromatic carbocycles. The highest BCUT2D eigenvalue weighted by molar-refractivity contribution is 6.30. The van der Waals surface area contributed by atoms with Gasteiger partial charge in [0.1, 0.15) is 6.04 Å². The number of hydrogen-bond donors (Lipinski definition) is 2. The largest absolute Gasteiger partial charge is 0.348 e. The van der Waals surface area contributed by atoms with Crippen LogP contribution in [0.5, 0.6) is 0 Å². The highest BCUT2D eigenvalue weighted by Crippen LogP contribution is 2.18. The first kappa shape index (κ1) is 14.6. The molecule has 0 fully saturated rings. The molecule has 0 saturated heterocycles. The van der Waals surface area contributed by atoms with Crippen molar-refractivity contribution in [3.8, 4) is 0 Å². The van der Waals surface area contributed by atoms with Gasteiger partial charge >= 0.3 is 0 Å². The van der Waals surface area contributed by atoms with E-state index in [4.69, 9.17) is 17.3 Å². The summed E-state index contributed by atoms with van der Waals surface area (Å²) in [6, 6.07) is 15.9. The van der Waals surface area contributed by atoms with Crippen LogP contribution in [0.4, 0.5) is 0 Å². The summed E-state index contributed by atoms with van der Waals surface area (Å²) in [5.41, 5.74) is 7.70. The molecule has 4 heteroatoms. The first-order valence-corrected chi connectivity index (χ1v) is 6.82. The van der Waals surface area contributed by atoms with E-state index in [0.717, 1.165) is 11.1 Å². The second-order valence-corrected chi connectivity index (χ2v) is 5.11. The fraction of sp³-hybridized carbons (Fsp3) is 0.188. The number of rotatable bonds is 4. The number of amides is 1. The van der Waals surface area contributed by atoms with Crippen LogP contribution in [0, 0.1) is 0 Å². The molecule has 0 bridgehead atoms. The number of benzene rings is 2. The van der Waals surface area contributed by atoms with Crippen LogP contribution in [0.15, 0.2) is 54.6 Å². The summed E-state index contributed by atoms with van der Waals surface area (Å²) in [6.07, 6.45) is 0. The van der Waals surface area contributed by atoms with Gasteiger partial charge < -0.3 is 11.1 Å². The topological polar surface area (TPSA) is 55.1 Å². The highest BCUT2D eigenvalue weighted by Gasteiger charge is 2.18. The lowest BCUT2D eigenvalue weighted by molar-refractivity contribution is -0.123. The number of carbonyl (C=O) groups is 1. The molecule has 2 atom stereocenters. The van der Waals surface area contributed by atoms with Crippen molar-refractivity contribution in [1.82, 2.24) is 5.32 Å². The van der Waals surface area contributed by atoms with Crippen LogP contribution in [0.3, 0.4) is 0 Å². The van der Waals surface area contributed by atoms with Gasteiger partial charge in [0.25, 0.3) is 0 Å². The van der Waals surface area contributed by atoms with Gasteiger partial charge in [-0.15, -0.1) is 0 Å². The monoisotopic (exact) mass is 288 g/mol. The van der Waals surface area contributed by atoms with Crippen molar-refractivity contribution >= 4 is 17.5 Å². The SMILES string of the molecule is C[C@H](NC(=O)[C@@H](N)c1ccccc1)c1cccc(Cl)c1. The average molecular weight is 289 g/mol. The Kier molecular flexibility index (Phi) is 4.77. The van der Waals surface area contributed by atoms with Crippen LogP contribution < -0.4 is 11.1 Å². The molecule has 0 aliphatic rings. The molecule has 0 aliphatic carbocycles. The van der Waals surface area contributed by atoms with Crippen molar-refractivity contribution in [3.63, 3.8) is 0 Å². The van der Waals surface area contributed by atoms with E-state index < -0.39 is 6.04 Å². The van der Waals surface area contributed by atoms with Crippen LogP contribution >= 0.6 is 11.6 Å². The van der Waals surface area contributed by atoms with Gasteiger partial charge in [0.15, 0.2) is 0 Å². The molecule has 3 N–H and O–H groups in total. The molecule has 0 aromatic heterocycles. The van der Waals surface area contributed by atoms with Crippen LogP contribution in [0.25, 0.3) is 0 Å². The number of nitrogens with one attached hydrogen (secondary N) is 1. The Labute approximate surface area is 123 Å². The molecule has 104 valence electrons. The van der Waals surface area contributed by atoms with Gasteiger partial charge in [0, 0.05) is 5.02 Å². The summed E-state index contributed by atoms with van der Waals surface area (Å²) in [7, 11) is 0. The highest BCUT2D eigenvalue weighted by atomic mass is 35.5. The van der Waals surface area contributed by atoms with Gasteiger partial charge in [-0.3, -0.25) is 4.79 Å². The first-order valence-electron chi connectivity index (χ1n) is 6.44. The standard InChI is InChI=1S/C16H17ClN2O/c1-11(13-8-5-9-14(17)10-13)19-16(20)15(18)12-6-3-2-4-7-12/h2-11,15H,18H2,1H3,(H,19,20)/t11-,15-/m0/s1. The van der Waals surface area contributed by atoms with E-state index in [-0.39, 0.29) is 11.9 Å². The number of halogens is 1. The Bertz CT molecular complexity index is 586. The predicted molar refractivity (Wildman–Crippen MR) is 81.4 cm³/mol. The Morgan fingerprint density at radius 2 is 1.75 bits per heavy atom. The predicted octanol–water partition coefficient (Wildman–Crippen LogP) is 3.22. The Balaban J connectivity index is 2.04. The molecular weight excluding hydrogens is 272 g/mol. The molecule has 0 spiro atoms. The Morgan fingerprint density at radius 1 is 1.10 bits per heavy atom. The van der Waals surface area contributed by atoms with Crippen LogP contribution in [0.2, 0.25) is 5.02 Å². The minimum atomic E-state index is -0.669. The van der Waals surface area contributed by atoms with E-state index in [0.29, 0.717) is 5.02 Å². The molecule has 0 aliphatic heterocycles. The Hall–Kier alpha value is -1.84. The second kappa shape index (κ2) is 6.55. The van der Waals surface area contributed by atoms with E-state index in [2.05, 4.69) is 5.32 Å². The van der Waals surface area contributed by atoms with Crippen molar-refractivity contribution in [3.05, 3.63) is 70.7 Å². The number of carbonyl (C=O) groups excluding carboxylic acids is 1. The molecule has 2 rings (SSSR count). The van der Waals surface area contributed by atoms with Gasteiger partial charge in [-0.25, -0.2) is 0 Å². The third kappa shape index (κ3) is 3.59. The van der Waals surface area contributed by atoms with Crippen LogP contribution in [-0.2, 0) is 4.79 Å². The molecule has 20 heavy (non-hydrogen) atoms. The van der Waals surface area contributed by atoms with Crippen LogP contribution in [0.1, 0.15) is 30.1 Å². The van der Waals surface area contributed by atoms with Gasteiger partial charge in [0.05, 0.1) is 6.04 Å². The third-order valence-corrected chi connectivity index (χ3v) is 3.38. The second-order valence-electron chi connectivity index (χ2n) is 4.67. The fourth-order valence-corrected chi connectivity index (χ4v) is 2.17. The quantitative estimate of drug-likeness (QED) is 0.907. The van der Waals surface area contributed by atoms with E-state index in [1.165, 1.54) is 0 Å². The molecular formula is C16H17ClN2O. The van der Waals surface area contributed by atoms with E-state index in [1.807, 2.05) is 55.5 Å². The molecule has 0 heterocycles. The summed E-state index contributed by atoms with van der Waals surface area (Å²) in [5.74, 6) is -0.205. The van der Waals surface area contributed by atoms with Gasteiger partial charge in [-0.2, -0.15) is 0 Å². The average Bonchev–Trinajstić information content (AvgIpc) is 2.47. The van der Waals surface area contributed by atoms with Gasteiger partial charge in [0.2, 0.25) is 5.91 Å². The molecule has 0 saturated carbocycles. The summed E-state index contributed by atoms with van der Waals surface area (Å²) in [6.45, 7) is 1.90. The summed E-state index contributed by atoms with van der Waals surface area (Å²) < 4.78 is 0.